The highest BCUT2D eigenvalue weighted by molar-refractivity contribution is 6.30. The van der Waals surface area contributed by atoms with Crippen LogP contribution in [-0.4, -0.2) is 30.7 Å². The van der Waals surface area contributed by atoms with E-state index in [0.717, 1.165) is 38.9 Å². The van der Waals surface area contributed by atoms with E-state index in [9.17, 15) is 4.39 Å². The summed E-state index contributed by atoms with van der Waals surface area (Å²) in [6, 6.07) is 1.66. The van der Waals surface area contributed by atoms with Gasteiger partial charge in [-0.15, -0.1) is 0 Å². The zero-order valence-electron chi connectivity index (χ0n) is 11.3. The fourth-order valence-electron chi connectivity index (χ4n) is 2.56. The van der Waals surface area contributed by atoms with E-state index in [2.05, 4.69) is 22.1 Å². The van der Waals surface area contributed by atoms with Crippen molar-refractivity contribution in [2.75, 3.05) is 24.5 Å². The molecule has 2 rings (SSSR count). The van der Waals surface area contributed by atoms with E-state index < -0.39 is 0 Å². The Balaban J connectivity index is 2.09. The Morgan fingerprint density at radius 1 is 1.53 bits per heavy atom. The minimum atomic E-state index is -0.324. The average molecular weight is 286 g/mol. The summed E-state index contributed by atoms with van der Waals surface area (Å²) >= 11 is 5.76. The third kappa shape index (κ3) is 3.80. The molecule has 0 spiro atoms. The quantitative estimate of drug-likeness (QED) is 0.842. The largest absolute Gasteiger partial charge is 0.350 e. The zero-order valence-corrected chi connectivity index (χ0v) is 12.1. The standard InChI is InChI=1S/C14H21ClFN3/c1-2-6-17-10-12-5-3-4-7-19(12)14-13(16)8-11(15)9-18-14/h8-9,12,17H,2-7,10H2,1H3. The summed E-state index contributed by atoms with van der Waals surface area (Å²) in [5, 5.41) is 3.76. The molecule has 2 heterocycles. The van der Waals surface area contributed by atoms with Crippen LogP contribution in [0.15, 0.2) is 12.3 Å². The van der Waals surface area contributed by atoms with Crippen LogP contribution in [0, 0.1) is 5.82 Å². The lowest BCUT2D eigenvalue weighted by atomic mass is 10.0. The van der Waals surface area contributed by atoms with Crippen LogP contribution in [0.3, 0.4) is 0 Å². The highest BCUT2D eigenvalue weighted by Crippen LogP contribution is 2.26. The number of pyridine rings is 1. The summed E-state index contributed by atoms with van der Waals surface area (Å²) in [7, 11) is 0. The number of halogens is 2. The van der Waals surface area contributed by atoms with Crippen LogP contribution in [0.4, 0.5) is 10.2 Å². The van der Waals surface area contributed by atoms with Gasteiger partial charge in [0.1, 0.15) is 0 Å². The Hall–Kier alpha value is -0.870. The molecule has 106 valence electrons. The third-order valence-electron chi connectivity index (χ3n) is 3.49. The predicted molar refractivity (Wildman–Crippen MR) is 77.4 cm³/mol. The van der Waals surface area contributed by atoms with Gasteiger partial charge in [0.25, 0.3) is 0 Å². The molecule has 0 amide bonds. The lowest BCUT2D eigenvalue weighted by Crippen LogP contribution is -2.46. The fourth-order valence-corrected chi connectivity index (χ4v) is 2.70. The van der Waals surface area contributed by atoms with Crippen LogP contribution in [0.2, 0.25) is 5.02 Å². The van der Waals surface area contributed by atoms with E-state index in [1.54, 1.807) is 0 Å². The summed E-state index contributed by atoms with van der Waals surface area (Å²) < 4.78 is 14.0. The number of nitrogens with zero attached hydrogens (tertiary/aromatic N) is 2. The molecule has 1 atom stereocenters. The van der Waals surface area contributed by atoms with Crippen LogP contribution in [-0.2, 0) is 0 Å². The van der Waals surface area contributed by atoms with Crippen molar-refractivity contribution >= 4 is 17.4 Å². The normalized spacial score (nSPS) is 19.7. The maximum atomic E-state index is 14.0. The number of nitrogens with one attached hydrogen (secondary N) is 1. The Labute approximate surface area is 119 Å². The zero-order chi connectivity index (χ0) is 13.7. The van der Waals surface area contributed by atoms with Crippen LogP contribution in [0.1, 0.15) is 32.6 Å². The first-order valence-corrected chi connectivity index (χ1v) is 7.38. The molecular formula is C14H21ClFN3. The Kier molecular flexibility index (Phi) is 5.40. The number of anilines is 1. The maximum absolute atomic E-state index is 14.0. The summed E-state index contributed by atoms with van der Waals surface area (Å²) in [5.41, 5.74) is 0. The monoisotopic (exact) mass is 285 g/mol. The third-order valence-corrected chi connectivity index (χ3v) is 3.70. The van der Waals surface area contributed by atoms with Gasteiger partial charge in [0.15, 0.2) is 11.6 Å². The first-order valence-electron chi connectivity index (χ1n) is 7.00. The van der Waals surface area contributed by atoms with Crippen molar-refractivity contribution in [3.8, 4) is 0 Å². The highest BCUT2D eigenvalue weighted by atomic mass is 35.5. The fraction of sp³-hybridized carbons (Fsp3) is 0.643. The molecule has 0 radical (unpaired) electrons. The summed E-state index contributed by atoms with van der Waals surface area (Å²) in [4.78, 5) is 6.25. The van der Waals surface area contributed by atoms with Gasteiger partial charge >= 0.3 is 0 Å². The number of hydrogen-bond acceptors (Lipinski definition) is 3. The van der Waals surface area contributed by atoms with Crippen LogP contribution in [0.25, 0.3) is 0 Å². The van der Waals surface area contributed by atoms with Crippen LogP contribution < -0.4 is 10.2 Å². The number of hydrogen-bond donors (Lipinski definition) is 1. The number of aromatic nitrogens is 1. The van der Waals surface area contributed by atoms with Crippen LogP contribution >= 0.6 is 11.6 Å². The molecule has 1 aliphatic heterocycles. The molecule has 5 heteroatoms. The summed E-state index contributed by atoms with van der Waals surface area (Å²) in [5.74, 6) is 0.113. The highest BCUT2D eigenvalue weighted by Gasteiger charge is 2.25. The second-order valence-corrected chi connectivity index (χ2v) is 5.44. The molecule has 0 bridgehead atoms. The van der Waals surface area contributed by atoms with E-state index >= 15 is 0 Å². The molecule has 1 unspecified atom stereocenters. The Morgan fingerprint density at radius 2 is 2.37 bits per heavy atom. The summed E-state index contributed by atoms with van der Waals surface area (Å²) in [6.45, 7) is 4.90. The molecule has 1 aliphatic rings. The average Bonchev–Trinajstić information content (AvgIpc) is 2.40. The molecule has 19 heavy (non-hydrogen) atoms. The van der Waals surface area contributed by atoms with Gasteiger partial charge in [-0.05, 0) is 38.3 Å². The van der Waals surface area contributed by atoms with Crippen molar-refractivity contribution in [3.63, 3.8) is 0 Å². The molecule has 1 saturated heterocycles. The van der Waals surface area contributed by atoms with Crippen LogP contribution in [0.5, 0.6) is 0 Å². The minimum absolute atomic E-state index is 0.323. The van der Waals surface area contributed by atoms with Crippen molar-refractivity contribution in [1.29, 1.82) is 0 Å². The Morgan fingerprint density at radius 3 is 3.11 bits per heavy atom. The van der Waals surface area contributed by atoms with E-state index in [4.69, 9.17) is 11.6 Å². The lowest BCUT2D eigenvalue weighted by molar-refractivity contribution is 0.426. The predicted octanol–water partition coefficient (Wildman–Crippen LogP) is 3.23. The smallest absolute Gasteiger partial charge is 0.167 e. The molecule has 1 aromatic heterocycles. The molecule has 1 aromatic rings. The van der Waals surface area contributed by atoms with Crippen molar-refractivity contribution in [1.82, 2.24) is 10.3 Å². The van der Waals surface area contributed by atoms with Gasteiger partial charge in [-0.1, -0.05) is 18.5 Å². The van der Waals surface area contributed by atoms with Gasteiger partial charge < -0.3 is 10.2 Å². The second-order valence-electron chi connectivity index (χ2n) is 5.01. The first kappa shape index (κ1) is 14.5. The molecule has 1 fully saturated rings. The van der Waals surface area contributed by atoms with Gasteiger partial charge in [-0.2, -0.15) is 0 Å². The maximum Gasteiger partial charge on any atom is 0.167 e. The number of piperidine rings is 1. The first-order chi connectivity index (χ1) is 9.22. The molecule has 0 aliphatic carbocycles. The van der Waals surface area contributed by atoms with E-state index in [1.165, 1.54) is 18.7 Å². The van der Waals surface area contributed by atoms with Gasteiger partial charge in [-0.25, -0.2) is 9.37 Å². The molecule has 1 N–H and O–H groups in total. The van der Waals surface area contributed by atoms with E-state index in [1.807, 2.05) is 0 Å². The summed E-state index contributed by atoms with van der Waals surface area (Å²) in [6.07, 6.45) is 6.00. The van der Waals surface area contributed by atoms with Crippen molar-refractivity contribution in [2.24, 2.45) is 0 Å². The van der Waals surface area contributed by atoms with Crippen molar-refractivity contribution < 1.29 is 4.39 Å². The van der Waals surface area contributed by atoms with Gasteiger partial charge in [-0.3, -0.25) is 0 Å². The lowest BCUT2D eigenvalue weighted by Gasteiger charge is -2.37. The molecule has 0 saturated carbocycles. The van der Waals surface area contributed by atoms with E-state index in [-0.39, 0.29) is 5.82 Å². The minimum Gasteiger partial charge on any atom is -0.350 e. The molecule has 0 aromatic carbocycles. The van der Waals surface area contributed by atoms with Gasteiger partial charge in [0.2, 0.25) is 0 Å². The van der Waals surface area contributed by atoms with Crippen molar-refractivity contribution in [2.45, 2.75) is 38.6 Å². The SMILES string of the molecule is CCCNCC1CCCCN1c1ncc(Cl)cc1F. The number of rotatable bonds is 5. The second kappa shape index (κ2) is 7.06. The van der Waals surface area contributed by atoms with Crippen molar-refractivity contribution in [3.05, 3.63) is 23.1 Å². The molecular weight excluding hydrogens is 265 g/mol. The van der Waals surface area contributed by atoms with Gasteiger partial charge in [0.05, 0.1) is 5.02 Å². The Bertz CT molecular complexity index is 414. The van der Waals surface area contributed by atoms with E-state index in [0.29, 0.717) is 16.9 Å². The molecule has 3 nitrogen and oxygen atoms in total. The van der Waals surface area contributed by atoms with Gasteiger partial charge in [0, 0.05) is 25.3 Å². The topological polar surface area (TPSA) is 28.2 Å².